The number of ether oxygens (including phenoxy) is 2. The molecular formula is C19H22N2O5S. The summed E-state index contributed by atoms with van der Waals surface area (Å²) in [6.45, 7) is 0.420. The van der Waals surface area contributed by atoms with E-state index in [1.165, 1.54) is 18.2 Å². The summed E-state index contributed by atoms with van der Waals surface area (Å²) in [5, 5.41) is 7.83. The molecule has 0 bridgehead atoms. The van der Waals surface area contributed by atoms with Crippen LogP contribution in [0.25, 0.3) is 6.08 Å². The molecule has 0 radical (unpaired) electrons. The molecule has 0 saturated heterocycles. The van der Waals surface area contributed by atoms with Gasteiger partial charge in [-0.25, -0.2) is 13.6 Å². The minimum atomic E-state index is -3.69. The predicted molar refractivity (Wildman–Crippen MR) is 103 cm³/mol. The topological polar surface area (TPSA) is 108 Å². The molecule has 0 heterocycles. The highest BCUT2D eigenvalue weighted by atomic mass is 32.2. The lowest BCUT2D eigenvalue weighted by atomic mass is 10.1. The Bertz CT molecular complexity index is 922. The van der Waals surface area contributed by atoms with Crippen LogP contribution in [0.3, 0.4) is 0 Å². The number of hydrogen-bond acceptors (Lipinski definition) is 5. The second-order valence-electron chi connectivity index (χ2n) is 5.68. The summed E-state index contributed by atoms with van der Waals surface area (Å²) in [5.41, 5.74) is 1.70. The van der Waals surface area contributed by atoms with Gasteiger partial charge < -0.3 is 14.8 Å². The molecule has 0 aliphatic carbocycles. The smallest absolute Gasteiger partial charge is 0.244 e. The second-order valence-corrected chi connectivity index (χ2v) is 7.24. The Morgan fingerprint density at radius 3 is 2.33 bits per heavy atom. The zero-order valence-corrected chi connectivity index (χ0v) is 16.0. The summed E-state index contributed by atoms with van der Waals surface area (Å²) >= 11 is 0. The quantitative estimate of drug-likeness (QED) is 0.668. The fraction of sp³-hybridized carbons (Fsp3) is 0.211. The zero-order chi connectivity index (χ0) is 19.9. The standard InChI is InChI=1S/C19H22N2O5S/c1-25-17-9-5-15(13-18(17)26-2)6-10-19(22)21-12-11-14-3-7-16(8-4-14)27(20,23)24/h3-10,13H,11-12H2,1-2H3,(H,21,22)(H2,20,23,24). The molecule has 2 rings (SSSR count). The maximum absolute atomic E-state index is 11.9. The van der Waals surface area contributed by atoms with E-state index in [-0.39, 0.29) is 10.8 Å². The average Bonchev–Trinajstić information content (AvgIpc) is 2.65. The highest BCUT2D eigenvalue weighted by molar-refractivity contribution is 7.89. The first-order valence-electron chi connectivity index (χ1n) is 8.13. The second kappa shape index (κ2) is 9.20. The van der Waals surface area contributed by atoms with Crippen LogP contribution in [-0.2, 0) is 21.2 Å². The van der Waals surface area contributed by atoms with Gasteiger partial charge in [0.05, 0.1) is 19.1 Å². The lowest BCUT2D eigenvalue weighted by molar-refractivity contribution is -0.116. The maximum Gasteiger partial charge on any atom is 0.244 e. The number of benzene rings is 2. The predicted octanol–water partition coefficient (Wildman–Crippen LogP) is 1.72. The van der Waals surface area contributed by atoms with Crippen LogP contribution >= 0.6 is 0 Å². The largest absolute Gasteiger partial charge is 0.493 e. The fourth-order valence-electron chi connectivity index (χ4n) is 2.36. The molecule has 0 aliphatic rings. The van der Waals surface area contributed by atoms with E-state index in [2.05, 4.69) is 5.32 Å². The van der Waals surface area contributed by atoms with E-state index in [0.29, 0.717) is 24.5 Å². The van der Waals surface area contributed by atoms with Crippen LogP contribution in [0.15, 0.2) is 53.4 Å². The summed E-state index contributed by atoms with van der Waals surface area (Å²) in [7, 11) is -0.585. The van der Waals surface area contributed by atoms with E-state index in [9.17, 15) is 13.2 Å². The van der Waals surface area contributed by atoms with Crippen LogP contribution in [0.5, 0.6) is 11.5 Å². The van der Waals surface area contributed by atoms with Crippen LogP contribution in [0.1, 0.15) is 11.1 Å². The van der Waals surface area contributed by atoms with E-state index in [1.807, 2.05) is 6.07 Å². The Hall–Kier alpha value is -2.84. The molecule has 2 aromatic carbocycles. The van der Waals surface area contributed by atoms with E-state index in [1.54, 1.807) is 44.6 Å². The minimum Gasteiger partial charge on any atom is -0.493 e. The molecule has 0 spiro atoms. The summed E-state index contributed by atoms with van der Waals surface area (Å²) in [6.07, 6.45) is 3.68. The van der Waals surface area contributed by atoms with Crippen molar-refractivity contribution < 1.29 is 22.7 Å². The van der Waals surface area contributed by atoms with Gasteiger partial charge in [-0.3, -0.25) is 4.79 Å². The SMILES string of the molecule is COc1ccc(C=CC(=O)NCCc2ccc(S(N)(=O)=O)cc2)cc1OC. The Balaban J connectivity index is 1.86. The number of amides is 1. The van der Waals surface area contributed by atoms with Crippen LogP contribution in [0, 0.1) is 0 Å². The van der Waals surface area contributed by atoms with Crippen molar-refractivity contribution >= 4 is 22.0 Å². The van der Waals surface area contributed by atoms with E-state index in [0.717, 1.165) is 11.1 Å². The van der Waals surface area contributed by atoms with Crippen molar-refractivity contribution in [2.45, 2.75) is 11.3 Å². The molecule has 1 amide bonds. The molecule has 0 atom stereocenters. The number of nitrogens with two attached hydrogens (primary N) is 1. The lowest BCUT2D eigenvalue weighted by Crippen LogP contribution is -2.23. The molecule has 144 valence electrons. The zero-order valence-electron chi connectivity index (χ0n) is 15.1. The normalized spacial score (nSPS) is 11.4. The van der Waals surface area contributed by atoms with Gasteiger partial charge in [0.25, 0.3) is 0 Å². The van der Waals surface area contributed by atoms with Gasteiger partial charge in [0.1, 0.15) is 0 Å². The van der Waals surface area contributed by atoms with Gasteiger partial charge in [0, 0.05) is 12.6 Å². The summed E-state index contributed by atoms with van der Waals surface area (Å²) in [5.74, 6) is 0.974. The molecule has 0 aromatic heterocycles. The van der Waals surface area contributed by atoms with Crippen molar-refractivity contribution in [1.82, 2.24) is 5.32 Å². The number of carbonyl (C=O) groups excluding carboxylic acids is 1. The van der Waals surface area contributed by atoms with Crippen molar-refractivity contribution in [1.29, 1.82) is 0 Å². The average molecular weight is 390 g/mol. The lowest BCUT2D eigenvalue weighted by Gasteiger charge is -2.07. The molecule has 2 aromatic rings. The number of carbonyl (C=O) groups is 1. The number of rotatable bonds is 8. The third-order valence-corrected chi connectivity index (χ3v) is 4.73. The number of hydrogen-bond donors (Lipinski definition) is 2. The van der Waals surface area contributed by atoms with Gasteiger partial charge in [-0.1, -0.05) is 18.2 Å². The van der Waals surface area contributed by atoms with E-state index >= 15 is 0 Å². The number of primary sulfonamides is 1. The summed E-state index contributed by atoms with van der Waals surface area (Å²) in [6, 6.07) is 11.6. The molecule has 3 N–H and O–H groups in total. The van der Waals surface area contributed by atoms with Crippen molar-refractivity contribution in [3.63, 3.8) is 0 Å². The van der Waals surface area contributed by atoms with Crippen LogP contribution in [0.2, 0.25) is 0 Å². The van der Waals surface area contributed by atoms with Crippen LogP contribution in [0.4, 0.5) is 0 Å². The highest BCUT2D eigenvalue weighted by Crippen LogP contribution is 2.27. The van der Waals surface area contributed by atoms with Crippen molar-refractivity contribution in [3.05, 3.63) is 59.7 Å². The Kier molecular flexibility index (Phi) is 6.98. The molecule has 0 saturated carbocycles. The highest BCUT2D eigenvalue weighted by Gasteiger charge is 2.07. The fourth-order valence-corrected chi connectivity index (χ4v) is 2.88. The third kappa shape index (κ3) is 6.12. The monoisotopic (exact) mass is 390 g/mol. The molecule has 0 fully saturated rings. The van der Waals surface area contributed by atoms with Gasteiger partial charge in [-0.15, -0.1) is 0 Å². The van der Waals surface area contributed by atoms with E-state index < -0.39 is 10.0 Å². The minimum absolute atomic E-state index is 0.0631. The Morgan fingerprint density at radius 2 is 1.74 bits per heavy atom. The van der Waals surface area contributed by atoms with Gasteiger partial charge in [0.15, 0.2) is 11.5 Å². The molecule has 0 unspecified atom stereocenters. The number of methoxy groups -OCH3 is 2. The van der Waals surface area contributed by atoms with Crippen molar-refractivity contribution in [2.24, 2.45) is 5.14 Å². The first-order chi connectivity index (χ1) is 12.8. The molecule has 27 heavy (non-hydrogen) atoms. The van der Waals surface area contributed by atoms with Crippen LogP contribution < -0.4 is 19.9 Å². The Morgan fingerprint density at radius 1 is 1.07 bits per heavy atom. The van der Waals surface area contributed by atoms with Gasteiger partial charge >= 0.3 is 0 Å². The molecule has 8 heteroatoms. The first kappa shape index (κ1) is 20.5. The van der Waals surface area contributed by atoms with Gasteiger partial charge in [-0.2, -0.15) is 0 Å². The first-order valence-corrected chi connectivity index (χ1v) is 9.68. The van der Waals surface area contributed by atoms with Gasteiger partial charge in [-0.05, 0) is 47.9 Å². The summed E-state index contributed by atoms with van der Waals surface area (Å²) < 4.78 is 32.8. The molecular weight excluding hydrogens is 368 g/mol. The summed E-state index contributed by atoms with van der Waals surface area (Å²) in [4.78, 5) is 12.0. The van der Waals surface area contributed by atoms with Crippen molar-refractivity contribution in [3.8, 4) is 11.5 Å². The Labute approximate surface area is 158 Å². The maximum atomic E-state index is 11.9. The third-order valence-electron chi connectivity index (χ3n) is 3.80. The van der Waals surface area contributed by atoms with E-state index in [4.69, 9.17) is 14.6 Å². The molecule has 0 aliphatic heterocycles. The number of sulfonamides is 1. The molecule has 7 nitrogen and oxygen atoms in total. The van der Waals surface area contributed by atoms with Crippen LogP contribution in [-0.4, -0.2) is 35.1 Å². The van der Waals surface area contributed by atoms with Gasteiger partial charge in [0.2, 0.25) is 15.9 Å². The number of nitrogens with one attached hydrogen (secondary N) is 1. The van der Waals surface area contributed by atoms with Crippen molar-refractivity contribution in [2.75, 3.05) is 20.8 Å².